The van der Waals surface area contributed by atoms with Crippen LogP contribution >= 0.6 is 0 Å². The van der Waals surface area contributed by atoms with E-state index in [-0.39, 0.29) is 11.7 Å². The summed E-state index contributed by atoms with van der Waals surface area (Å²) in [5.74, 6) is -0.0669. The summed E-state index contributed by atoms with van der Waals surface area (Å²) >= 11 is 0. The second kappa shape index (κ2) is 5.89. The molecule has 98 valence electrons. The van der Waals surface area contributed by atoms with Crippen LogP contribution in [0.15, 0.2) is 34.5 Å². The molecule has 0 aliphatic heterocycles. The first-order valence-electron chi connectivity index (χ1n) is 4.78. The Bertz CT molecular complexity index is 435. The van der Waals surface area contributed by atoms with Crippen LogP contribution in [-0.2, 0) is 0 Å². The highest BCUT2D eigenvalue weighted by atomic mass is 19.4. The molecule has 0 atom stereocenters. The fourth-order valence-electron chi connectivity index (χ4n) is 0.977. The van der Waals surface area contributed by atoms with E-state index in [1.807, 2.05) is 0 Å². The van der Waals surface area contributed by atoms with Gasteiger partial charge < -0.3 is 16.2 Å². The summed E-state index contributed by atoms with van der Waals surface area (Å²) in [5, 5.41) is 6.92. The number of halogens is 3. The van der Waals surface area contributed by atoms with Crippen LogP contribution in [0.3, 0.4) is 0 Å². The first-order chi connectivity index (χ1) is 8.37. The van der Waals surface area contributed by atoms with E-state index in [9.17, 15) is 13.2 Å². The van der Waals surface area contributed by atoms with E-state index < -0.39 is 12.8 Å². The zero-order chi connectivity index (χ0) is 13.6. The van der Waals surface area contributed by atoms with Crippen LogP contribution in [0.25, 0.3) is 0 Å². The molecule has 5 nitrogen and oxygen atoms in total. The molecule has 0 fully saturated rings. The van der Waals surface area contributed by atoms with Crippen molar-refractivity contribution in [3.05, 3.63) is 29.8 Å². The zero-order valence-electron chi connectivity index (χ0n) is 9.19. The lowest BCUT2D eigenvalue weighted by molar-refractivity contribution is -0.153. The Hall–Kier alpha value is -2.25. The normalized spacial score (nSPS) is 11.5. The number of nitrogens with two attached hydrogens (primary N) is 2. The summed E-state index contributed by atoms with van der Waals surface area (Å²) < 4.78 is 40.2. The first kappa shape index (κ1) is 13.8. The van der Waals surface area contributed by atoms with Crippen LogP contribution < -0.4 is 16.2 Å². The van der Waals surface area contributed by atoms with Crippen LogP contribution in [0, 0.1) is 0 Å². The Morgan fingerprint density at radius 2 is 1.83 bits per heavy atom. The van der Waals surface area contributed by atoms with Gasteiger partial charge >= 0.3 is 6.18 Å². The molecule has 0 bridgehead atoms. The van der Waals surface area contributed by atoms with Gasteiger partial charge in [0.2, 0.25) is 5.96 Å². The van der Waals surface area contributed by atoms with Gasteiger partial charge in [0.1, 0.15) is 5.75 Å². The highest BCUT2D eigenvalue weighted by Crippen LogP contribution is 2.18. The molecule has 0 amide bonds. The largest absolute Gasteiger partial charge is 0.484 e. The highest BCUT2D eigenvalue weighted by Gasteiger charge is 2.28. The molecule has 1 aromatic rings. The van der Waals surface area contributed by atoms with Crippen molar-refractivity contribution in [2.45, 2.75) is 6.18 Å². The molecule has 0 aliphatic carbocycles. The van der Waals surface area contributed by atoms with Gasteiger partial charge in [-0.05, 0) is 29.8 Å². The van der Waals surface area contributed by atoms with E-state index in [1.165, 1.54) is 30.5 Å². The van der Waals surface area contributed by atoms with Crippen LogP contribution in [0.4, 0.5) is 13.2 Å². The van der Waals surface area contributed by atoms with Gasteiger partial charge in [-0.2, -0.15) is 18.3 Å². The SMILES string of the molecule is NC(N)=NN=Cc1ccc(OCC(F)(F)F)cc1. The monoisotopic (exact) mass is 260 g/mol. The zero-order valence-corrected chi connectivity index (χ0v) is 9.19. The Labute approximate surface area is 101 Å². The molecule has 18 heavy (non-hydrogen) atoms. The minimum Gasteiger partial charge on any atom is -0.484 e. The maximum absolute atomic E-state index is 11.9. The third-order valence-electron chi connectivity index (χ3n) is 1.66. The van der Waals surface area contributed by atoms with Gasteiger partial charge in [0.05, 0.1) is 6.21 Å². The number of alkyl halides is 3. The van der Waals surface area contributed by atoms with E-state index >= 15 is 0 Å². The Balaban J connectivity index is 2.58. The van der Waals surface area contributed by atoms with Crippen LogP contribution in [0.5, 0.6) is 5.75 Å². The number of hydrogen-bond donors (Lipinski definition) is 2. The van der Waals surface area contributed by atoms with Gasteiger partial charge in [0, 0.05) is 0 Å². The number of benzene rings is 1. The minimum atomic E-state index is -4.35. The van der Waals surface area contributed by atoms with E-state index in [4.69, 9.17) is 11.5 Å². The molecule has 1 aromatic carbocycles. The third-order valence-corrected chi connectivity index (χ3v) is 1.66. The predicted octanol–water partition coefficient (Wildman–Crippen LogP) is 1.23. The summed E-state index contributed by atoms with van der Waals surface area (Å²) in [6.07, 6.45) is -3.00. The Morgan fingerprint density at radius 3 is 2.33 bits per heavy atom. The molecule has 8 heteroatoms. The van der Waals surface area contributed by atoms with Gasteiger partial charge in [0.25, 0.3) is 0 Å². The van der Waals surface area contributed by atoms with Crippen molar-refractivity contribution in [3.63, 3.8) is 0 Å². The molecular weight excluding hydrogens is 249 g/mol. The second-order valence-electron chi connectivity index (χ2n) is 3.24. The van der Waals surface area contributed by atoms with Crippen molar-refractivity contribution in [2.24, 2.45) is 21.7 Å². The molecular formula is C10H11F3N4O. The summed E-state index contributed by atoms with van der Waals surface area (Å²) in [5.41, 5.74) is 10.7. The van der Waals surface area contributed by atoms with Crippen LogP contribution in [0.1, 0.15) is 5.56 Å². The lowest BCUT2D eigenvalue weighted by atomic mass is 10.2. The molecule has 0 saturated carbocycles. The van der Waals surface area contributed by atoms with Crippen molar-refractivity contribution in [3.8, 4) is 5.75 Å². The van der Waals surface area contributed by atoms with E-state index in [0.717, 1.165) is 0 Å². The predicted molar refractivity (Wildman–Crippen MR) is 61.4 cm³/mol. The maximum atomic E-state index is 11.9. The molecule has 0 saturated heterocycles. The number of nitrogens with zero attached hydrogens (tertiary/aromatic N) is 2. The van der Waals surface area contributed by atoms with Crippen LogP contribution in [0.2, 0.25) is 0 Å². The van der Waals surface area contributed by atoms with E-state index in [0.29, 0.717) is 5.56 Å². The maximum Gasteiger partial charge on any atom is 0.422 e. The first-order valence-corrected chi connectivity index (χ1v) is 4.78. The van der Waals surface area contributed by atoms with Gasteiger partial charge in [0.15, 0.2) is 6.61 Å². The number of hydrogen-bond acceptors (Lipinski definition) is 3. The molecule has 0 aliphatic rings. The summed E-state index contributed by atoms with van der Waals surface area (Å²) in [4.78, 5) is 0. The van der Waals surface area contributed by atoms with Gasteiger partial charge in [-0.15, -0.1) is 5.10 Å². The second-order valence-corrected chi connectivity index (χ2v) is 3.24. The van der Waals surface area contributed by atoms with E-state index in [1.54, 1.807) is 0 Å². The standard InChI is InChI=1S/C10H11F3N4O/c11-10(12,13)6-18-8-3-1-7(2-4-8)5-16-17-9(14)15/h1-5H,6H2,(H4,14,15,17). The number of rotatable bonds is 4. The average molecular weight is 260 g/mol. The summed E-state index contributed by atoms with van der Waals surface area (Å²) in [6, 6.07) is 5.83. The van der Waals surface area contributed by atoms with Crippen molar-refractivity contribution in [1.29, 1.82) is 0 Å². The fourth-order valence-corrected chi connectivity index (χ4v) is 0.977. The third kappa shape index (κ3) is 5.73. The Kier molecular flexibility index (Phi) is 4.52. The Morgan fingerprint density at radius 1 is 1.22 bits per heavy atom. The molecule has 0 unspecified atom stereocenters. The van der Waals surface area contributed by atoms with Gasteiger partial charge in [-0.25, -0.2) is 0 Å². The van der Waals surface area contributed by atoms with Crippen molar-refractivity contribution < 1.29 is 17.9 Å². The minimum absolute atomic E-state index is 0.117. The smallest absolute Gasteiger partial charge is 0.422 e. The van der Waals surface area contributed by atoms with Crippen LogP contribution in [-0.4, -0.2) is 25.0 Å². The van der Waals surface area contributed by atoms with Crippen molar-refractivity contribution >= 4 is 12.2 Å². The molecule has 0 radical (unpaired) electrons. The lowest BCUT2D eigenvalue weighted by Gasteiger charge is -2.08. The van der Waals surface area contributed by atoms with Gasteiger partial charge in [-0.1, -0.05) is 0 Å². The quantitative estimate of drug-likeness (QED) is 0.485. The highest BCUT2D eigenvalue weighted by molar-refractivity contribution is 5.81. The summed E-state index contributed by atoms with van der Waals surface area (Å²) in [6.45, 7) is -1.32. The molecule has 1 rings (SSSR count). The average Bonchev–Trinajstić information content (AvgIpc) is 2.26. The number of guanidine groups is 1. The molecule has 4 N–H and O–H groups in total. The van der Waals surface area contributed by atoms with Gasteiger partial charge in [-0.3, -0.25) is 0 Å². The van der Waals surface area contributed by atoms with E-state index in [2.05, 4.69) is 14.9 Å². The van der Waals surface area contributed by atoms with Crippen molar-refractivity contribution in [2.75, 3.05) is 6.61 Å². The lowest BCUT2D eigenvalue weighted by Crippen LogP contribution is -2.21. The topological polar surface area (TPSA) is 86.0 Å². The molecule has 0 aromatic heterocycles. The van der Waals surface area contributed by atoms with Crippen molar-refractivity contribution in [1.82, 2.24) is 0 Å². The fraction of sp³-hybridized carbons (Fsp3) is 0.200. The molecule has 0 spiro atoms. The molecule has 0 heterocycles. The number of ether oxygens (including phenoxy) is 1. The summed E-state index contributed by atoms with van der Waals surface area (Å²) in [7, 11) is 0.